The quantitative estimate of drug-likeness (QED) is 0.294. The largest absolute Gasteiger partial charge is 0.395 e. The molecule has 1 aromatic heterocycles. The SMILES string of the molecule is C[C@@H]1[C@@H]([Si](C)(C)F)[C@H](CCn2cc(C(CO)c3ccccc3)nn2)O[C@@]12C(=O)N(C)c1ccc(N3CCCCC3=O)cc12. The van der Waals surface area contributed by atoms with Crippen molar-refractivity contribution >= 4 is 31.6 Å². The number of nitrogens with zero attached hydrogens (tertiary/aromatic N) is 5. The van der Waals surface area contributed by atoms with Crippen molar-refractivity contribution in [2.75, 3.05) is 30.0 Å². The Morgan fingerprint density at radius 3 is 2.63 bits per heavy atom. The molecule has 5 atom stereocenters. The summed E-state index contributed by atoms with van der Waals surface area (Å²) in [5.41, 5.74) is 2.05. The van der Waals surface area contributed by atoms with Crippen molar-refractivity contribution in [3.05, 3.63) is 71.5 Å². The molecule has 1 unspecified atom stereocenters. The van der Waals surface area contributed by atoms with E-state index in [9.17, 15) is 14.7 Å². The van der Waals surface area contributed by atoms with Gasteiger partial charge in [0.1, 0.15) is 0 Å². The molecule has 3 aromatic rings. The highest BCUT2D eigenvalue weighted by Crippen LogP contribution is 2.60. The topological polar surface area (TPSA) is 101 Å². The van der Waals surface area contributed by atoms with Crippen LogP contribution in [0.3, 0.4) is 0 Å². The van der Waals surface area contributed by atoms with Gasteiger partial charge in [0.05, 0.1) is 30.0 Å². The van der Waals surface area contributed by atoms with Crippen molar-refractivity contribution in [3.8, 4) is 0 Å². The summed E-state index contributed by atoms with van der Waals surface area (Å²) in [6.07, 6.45) is 4.08. The van der Waals surface area contributed by atoms with E-state index in [0.717, 1.165) is 29.8 Å². The maximum absolute atomic E-state index is 16.1. The van der Waals surface area contributed by atoms with Gasteiger partial charge >= 0.3 is 0 Å². The first-order valence-corrected chi connectivity index (χ1v) is 18.2. The molecule has 4 heterocycles. The molecule has 0 bridgehead atoms. The fourth-order valence-electron chi connectivity index (χ4n) is 7.55. The molecule has 3 aliphatic rings. The van der Waals surface area contributed by atoms with Crippen molar-refractivity contribution < 1.29 is 23.5 Å². The number of hydrogen-bond donors (Lipinski definition) is 1. The highest BCUT2D eigenvalue weighted by molar-refractivity contribution is 6.72. The molecule has 6 rings (SSSR count). The Bertz CT molecular complexity index is 1510. The predicted molar refractivity (Wildman–Crippen MR) is 164 cm³/mol. The number of likely N-dealkylation sites (N-methyl/N-ethyl adjacent to an activating group) is 1. The molecule has 1 spiro atoms. The minimum Gasteiger partial charge on any atom is -0.395 e. The molecule has 3 aliphatic heterocycles. The Morgan fingerprint density at radius 2 is 1.93 bits per heavy atom. The fourth-order valence-corrected chi connectivity index (χ4v) is 10.1. The van der Waals surface area contributed by atoms with Crippen LogP contribution in [0.4, 0.5) is 15.5 Å². The van der Waals surface area contributed by atoms with Crippen molar-refractivity contribution in [2.45, 2.75) is 75.4 Å². The number of amides is 2. The van der Waals surface area contributed by atoms with Gasteiger partial charge in [-0.05, 0) is 56.1 Å². The average molecular weight is 606 g/mol. The van der Waals surface area contributed by atoms with Crippen LogP contribution in [-0.4, -0.2) is 66.6 Å². The van der Waals surface area contributed by atoms with Crippen LogP contribution < -0.4 is 9.80 Å². The zero-order chi connectivity index (χ0) is 30.5. The smallest absolute Gasteiger partial charge is 0.264 e. The second-order valence-electron chi connectivity index (χ2n) is 12.7. The van der Waals surface area contributed by atoms with Gasteiger partial charge in [0, 0.05) is 55.5 Å². The number of halogens is 1. The molecule has 9 nitrogen and oxygen atoms in total. The number of aromatic nitrogens is 3. The third-order valence-electron chi connectivity index (χ3n) is 9.65. The van der Waals surface area contributed by atoms with Crippen molar-refractivity contribution in [2.24, 2.45) is 5.92 Å². The van der Waals surface area contributed by atoms with Crippen LogP contribution in [0.15, 0.2) is 54.7 Å². The van der Waals surface area contributed by atoms with Gasteiger partial charge in [-0.2, -0.15) is 0 Å². The Kier molecular flexibility index (Phi) is 7.76. The molecule has 0 saturated carbocycles. The van der Waals surface area contributed by atoms with E-state index in [2.05, 4.69) is 10.3 Å². The number of rotatable bonds is 8. The average Bonchev–Trinajstić information content (AvgIpc) is 3.64. The fraction of sp³-hybridized carbons (Fsp3) is 0.500. The van der Waals surface area contributed by atoms with Gasteiger partial charge in [0.25, 0.3) is 5.91 Å². The lowest BCUT2D eigenvalue weighted by Gasteiger charge is -2.32. The minimum absolute atomic E-state index is 0.0780. The lowest BCUT2D eigenvalue weighted by molar-refractivity contribution is -0.145. The summed E-state index contributed by atoms with van der Waals surface area (Å²) in [5.74, 6) is -0.820. The van der Waals surface area contributed by atoms with E-state index in [1.807, 2.05) is 61.7 Å². The van der Waals surface area contributed by atoms with E-state index in [4.69, 9.17) is 4.74 Å². The first kappa shape index (κ1) is 29.6. The van der Waals surface area contributed by atoms with E-state index in [-0.39, 0.29) is 24.3 Å². The normalized spacial score (nSPS) is 26.4. The maximum Gasteiger partial charge on any atom is 0.264 e. The third-order valence-corrected chi connectivity index (χ3v) is 12.1. The van der Waals surface area contributed by atoms with Gasteiger partial charge in [0.2, 0.25) is 14.3 Å². The zero-order valence-corrected chi connectivity index (χ0v) is 26.2. The van der Waals surface area contributed by atoms with Crippen LogP contribution in [-0.2, 0) is 26.5 Å². The first-order valence-electron chi connectivity index (χ1n) is 15.2. The van der Waals surface area contributed by atoms with Crippen LogP contribution in [0.5, 0.6) is 0 Å². The molecular formula is C32H40FN5O4Si. The monoisotopic (exact) mass is 605 g/mol. The number of hydrogen-bond acceptors (Lipinski definition) is 6. The summed E-state index contributed by atoms with van der Waals surface area (Å²) in [5, 5.41) is 18.7. The molecule has 2 aromatic carbocycles. The molecule has 43 heavy (non-hydrogen) atoms. The molecule has 0 aliphatic carbocycles. The summed E-state index contributed by atoms with van der Waals surface area (Å²) in [7, 11) is -1.58. The Hall–Kier alpha value is -3.41. The van der Waals surface area contributed by atoms with Crippen LogP contribution in [0.1, 0.15) is 55.3 Å². The first-order chi connectivity index (χ1) is 20.6. The van der Waals surface area contributed by atoms with E-state index in [1.165, 1.54) is 0 Å². The standard InChI is InChI=1S/C32H40FN5O4Si/c1-21-30(43(3,4)33)28(15-17-37-19-26(34-35-37)24(20-39)22-10-6-5-7-11-22)42-32(21)25-18-23(38-16-9-8-12-29(38)40)13-14-27(25)36(2)31(32)41/h5-7,10-11,13-14,18-19,21,24,28,30,39H,8-9,12,15-17,20H2,1-4H3/t21-,24?,28+,30-,32+/m1/s1. The molecule has 0 radical (unpaired) electrons. The van der Waals surface area contributed by atoms with E-state index in [1.54, 1.807) is 34.6 Å². The number of fused-ring (bicyclic) bond motifs is 2. The number of benzene rings is 2. The molecule has 2 amide bonds. The number of carbonyl (C=O) groups excluding carboxylic acids is 2. The molecule has 228 valence electrons. The van der Waals surface area contributed by atoms with Crippen molar-refractivity contribution in [1.29, 1.82) is 0 Å². The summed E-state index contributed by atoms with van der Waals surface area (Å²) in [6, 6.07) is 15.4. The van der Waals surface area contributed by atoms with Gasteiger partial charge < -0.3 is 23.8 Å². The third kappa shape index (κ3) is 5.01. The number of anilines is 2. The second-order valence-corrected chi connectivity index (χ2v) is 16.5. The second kappa shape index (κ2) is 11.3. The highest BCUT2D eigenvalue weighted by Gasteiger charge is 2.66. The van der Waals surface area contributed by atoms with Crippen LogP contribution in [0, 0.1) is 5.92 Å². The zero-order valence-electron chi connectivity index (χ0n) is 25.2. The van der Waals surface area contributed by atoms with Gasteiger partial charge in [0.15, 0.2) is 5.60 Å². The Labute approximate surface area is 252 Å². The van der Waals surface area contributed by atoms with E-state index in [0.29, 0.717) is 37.2 Å². The number of carbonyl (C=O) groups is 2. The van der Waals surface area contributed by atoms with E-state index >= 15 is 4.11 Å². The minimum atomic E-state index is -3.31. The van der Waals surface area contributed by atoms with Crippen LogP contribution in [0.2, 0.25) is 18.6 Å². The van der Waals surface area contributed by atoms with E-state index < -0.39 is 31.6 Å². The lowest BCUT2D eigenvalue weighted by atomic mass is 9.82. The van der Waals surface area contributed by atoms with Gasteiger partial charge in [-0.15, -0.1) is 5.10 Å². The molecule has 11 heteroatoms. The molecular weight excluding hydrogens is 565 g/mol. The molecule has 2 fully saturated rings. The predicted octanol–water partition coefficient (Wildman–Crippen LogP) is 4.76. The number of aliphatic hydroxyl groups is 1. The summed E-state index contributed by atoms with van der Waals surface area (Å²) >= 11 is 0. The van der Waals surface area contributed by atoms with Crippen molar-refractivity contribution in [3.63, 3.8) is 0 Å². The highest BCUT2D eigenvalue weighted by atomic mass is 28.4. The molecule has 2 saturated heterocycles. The lowest BCUT2D eigenvalue weighted by Crippen LogP contribution is -2.44. The van der Waals surface area contributed by atoms with Gasteiger partial charge in [-0.3, -0.25) is 14.3 Å². The number of aliphatic hydroxyl groups excluding tert-OH is 1. The number of aryl methyl sites for hydroxylation is 1. The van der Waals surface area contributed by atoms with Crippen molar-refractivity contribution in [1.82, 2.24) is 15.0 Å². The maximum atomic E-state index is 16.1. The van der Waals surface area contributed by atoms with Crippen LogP contribution in [0.25, 0.3) is 0 Å². The molecule has 1 N–H and O–H groups in total. The summed E-state index contributed by atoms with van der Waals surface area (Å²) in [4.78, 5) is 30.2. The van der Waals surface area contributed by atoms with Gasteiger partial charge in [-0.25, -0.2) is 0 Å². The Morgan fingerprint density at radius 1 is 1.16 bits per heavy atom. The summed E-state index contributed by atoms with van der Waals surface area (Å²) < 4.78 is 24.7. The Balaban J connectivity index is 1.29. The van der Waals surface area contributed by atoms with Crippen LogP contribution >= 0.6 is 0 Å². The number of piperidine rings is 1. The van der Waals surface area contributed by atoms with Gasteiger partial charge in [-0.1, -0.05) is 42.5 Å². The summed E-state index contributed by atoms with van der Waals surface area (Å²) in [6.45, 7) is 6.29. The number of ether oxygens (including phenoxy) is 1.